The third-order valence-electron chi connectivity index (χ3n) is 3.61. The zero-order chi connectivity index (χ0) is 15.1. The molecule has 21 heavy (non-hydrogen) atoms. The molecule has 0 aromatic heterocycles. The van der Waals surface area contributed by atoms with Crippen molar-refractivity contribution in [2.75, 3.05) is 26.2 Å². The minimum absolute atomic E-state index is 0.0161. The van der Waals surface area contributed by atoms with E-state index in [0.717, 1.165) is 32.7 Å². The van der Waals surface area contributed by atoms with Gasteiger partial charge in [-0.15, -0.1) is 24.8 Å². The molecule has 0 saturated carbocycles. The third-order valence-corrected chi connectivity index (χ3v) is 3.97. The summed E-state index contributed by atoms with van der Waals surface area (Å²) in [5.74, 6) is 0. The zero-order valence-corrected chi connectivity index (χ0v) is 13.2. The summed E-state index contributed by atoms with van der Waals surface area (Å²) in [5, 5.41) is 0.0161. The first-order chi connectivity index (χ1) is 10.2. The van der Waals surface area contributed by atoms with Gasteiger partial charge >= 0.3 is 0 Å². The fourth-order valence-electron chi connectivity index (χ4n) is 2.64. The first-order valence-corrected chi connectivity index (χ1v) is 7.75. The van der Waals surface area contributed by atoms with Gasteiger partial charge in [-0.3, -0.25) is 4.90 Å². The van der Waals surface area contributed by atoms with Gasteiger partial charge in [0.2, 0.25) is 0 Å². The van der Waals surface area contributed by atoms with Crippen LogP contribution < -0.4 is 0 Å². The van der Waals surface area contributed by atoms with Crippen molar-refractivity contribution in [3.63, 3.8) is 0 Å². The molecule has 3 heteroatoms. The van der Waals surface area contributed by atoms with E-state index in [4.69, 9.17) is 11.6 Å². The Bertz CT molecular complexity index is 485. The van der Waals surface area contributed by atoms with Gasteiger partial charge in [-0.1, -0.05) is 42.5 Å². The van der Waals surface area contributed by atoms with Gasteiger partial charge in [0, 0.05) is 38.4 Å². The first-order valence-electron chi connectivity index (χ1n) is 7.31. The Balaban J connectivity index is 2.01. The van der Waals surface area contributed by atoms with Crippen LogP contribution in [0.2, 0.25) is 0 Å². The molecule has 2 rings (SSSR count). The van der Waals surface area contributed by atoms with Crippen LogP contribution in [-0.2, 0) is 6.54 Å². The van der Waals surface area contributed by atoms with Crippen LogP contribution in [0.3, 0.4) is 0 Å². The molecule has 1 aliphatic rings. The van der Waals surface area contributed by atoms with Crippen molar-refractivity contribution in [1.29, 1.82) is 0 Å². The molecule has 2 nitrogen and oxygen atoms in total. The molecule has 1 unspecified atom stereocenters. The fourth-order valence-corrected chi connectivity index (χ4v) is 3.06. The molecule has 0 N–H and O–H groups in total. The molecule has 0 aliphatic carbocycles. The molecule has 0 radical (unpaired) electrons. The van der Waals surface area contributed by atoms with Gasteiger partial charge in [0.05, 0.1) is 5.38 Å². The van der Waals surface area contributed by atoms with E-state index in [9.17, 15) is 0 Å². The highest BCUT2D eigenvalue weighted by Crippen LogP contribution is 2.22. The lowest BCUT2D eigenvalue weighted by molar-refractivity contribution is 0.263. The summed E-state index contributed by atoms with van der Waals surface area (Å²) in [4.78, 5) is 4.61. The number of nitrogens with zero attached hydrogens (tertiary/aromatic N) is 2. The highest BCUT2D eigenvalue weighted by atomic mass is 35.5. The molecular weight excluding hydrogens is 280 g/mol. The lowest BCUT2D eigenvalue weighted by atomic mass is 10.1. The fraction of sp³-hybridized carbons (Fsp3) is 0.333. The Morgan fingerprint density at radius 3 is 2.43 bits per heavy atom. The average Bonchev–Trinajstić information content (AvgIpc) is 2.48. The minimum Gasteiger partial charge on any atom is -0.366 e. The van der Waals surface area contributed by atoms with Crippen LogP contribution in [0.25, 0.3) is 0 Å². The lowest BCUT2D eigenvalue weighted by Crippen LogP contribution is -2.40. The summed E-state index contributed by atoms with van der Waals surface area (Å²) in [7, 11) is 0. The van der Waals surface area contributed by atoms with Gasteiger partial charge < -0.3 is 4.90 Å². The Labute approximate surface area is 133 Å². The van der Waals surface area contributed by atoms with Crippen LogP contribution in [0, 0.1) is 0 Å². The molecule has 1 aromatic rings. The van der Waals surface area contributed by atoms with Gasteiger partial charge in [-0.2, -0.15) is 0 Å². The van der Waals surface area contributed by atoms with E-state index in [1.807, 2.05) is 18.2 Å². The van der Waals surface area contributed by atoms with Gasteiger partial charge in [0.25, 0.3) is 0 Å². The molecule has 0 spiro atoms. The quantitative estimate of drug-likeness (QED) is 0.560. The molecule has 0 bridgehead atoms. The topological polar surface area (TPSA) is 6.48 Å². The maximum absolute atomic E-state index is 6.59. The second kappa shape index (κ2) is 8.06. The molecule has 0 amide bonds. The van der Waals surface area contributed by atoms with Crippen LogP contribution in [0.4, 0.5) is 0 Å². The van der Waals surface area contributed by atoms with E-state index in [1.54, 1.807) is 0 Å². The highest BCUT2D eigenvalue weighted by molar-refractivity contribution is 6.22. The van der Waals surface area contributed by atoms with E-state index in [0.29, 0.717) is 0 Å². The average molecular weight is 303 g/mol. The molecule has 0 fully saturated rings. The van der Waals surface area contributed by atoms with Crippen molar-refractivity contribution < 1.29 is 0 Å². The normalized spacial score (nSPS) is 18.9. The SMILES string of the molecule is C=CCN(CC=C)C1=CCN(Cc2ccccc2)CC1Cl. The molecule has 1 aliphatic heterocycles. The predicted octanol–water partition coefficient (Wildman–Crippen LogP) is 3.67. The van der Waals surface area contributed by atoms with Crippen LogP contribution in [-0.4, -0.2) is 41.4 Å². The van der Waals surface area contributed by atoms with E-state index in [-0.39, 0.29) is 5.38 Å². The number of hydrogen-bond donors (Lipinski definition) is 0. The maximum atomic E-state index is 6.59. The van der Waals surface area contributed by atoms with E-state index < -0.39 is 0 Å². The van der Waals surface area contributed by atoms with Crippen LogP contribution in [0.1, 0.15) is 5.56 Å². The molecule has 1 heterocycles. The summed E-state index contributed by atoms with van der Waals surface area (Å²) in [5.41, 5.74) is 2.52. The number of rotatable bonds is 7. The van der Waals surface area contributed by atoms with E-state index >= 15 is 0 Å². The van der Waals surface area contributed by atoms with E-state index in [2.05, 4.69) is 53.3 Å². The minimum atomic E-state index is 0.0161. The largest absolute Gasteiger partial charge is 0.366 e. The van der Waals surface area contributed by atoms with Crippen LogP contribution >= 0.6 is 11.6 Å². The molecule has 112 valence electrons. The van der Waals surface area contributed by atoms with Crippen LogP contribution in [0.15, 0.2) is 67.4 Å². The molecule has 1 aromatic carbocycles. The Morgan fingerprint density at radius 2 is 1.86 bits per heavy atom. The van der Waals surface area contributed by atoms with Gasteiger partial charge in [-0.05, 0) is 11.6 Å². The van der Waals surface area contributed by atoms with Crippen molar-refractivity contribution in [1.82, 2.24) is 9.80 Å². The Morgan fingerprint density at radius 1 is 1.19 bits per heavy atom. The van der Waals surface area contributed by atoms with Crippen molar-refractivity contribution >= 4 is 11.6 Å². The molecular formula is C18H23ClN2. The Hall–Kier alpha value is -1.51. The summed E-state index contributed by atoms with van der Waals surface area (Å²) in [6, 6.07) is 10.5. The summed E-state index contributed by atoms with van der Waals surface area (Å²) < 4.78 is 0. The summed E-state index contributed by atoms with van der Waals surface area (Å²) in [6.07, 6.45) is 6.05. The number of benzene rings is 1. The number of halogens is 1. The monoisotopic (exact) mass is 302 g/mol. The molecule has 0 saturated heterocycles. The van der Waals surface area contributed by atoms with E-state index in [1.165, 1.54) is 11.3 Å². The lowest BCUT2D eigenvalue weighted by Gasteiger charge is -2.35. The number of alkyl halides is 1. The third kappa shape index (κ3) is 4.48. The molecule has 1 atom stereocenters. The van der Waals surface area contributed by atoms with Crippen LogP contribution in [0.5, 0.6) is 0 Å². The maximum Gasteiger partial charge on any atom is 0.0858 e. The second-order valence-electron chi connectivity index (χ2n) is 5.26. The highest BCUT2D eigenvalue weighted by Gasteiger charge is 2.23. The number of hydrogen-bond acceptors (Lipinski definition) is 2. The van der Waals surface area contributed by atoms with Crippen molar-refractivity contribution in [3.05, 3.63) is 73.0 Å². The van der Waals surface area contributed by atoms with Crippen molar-refractivity contribution in [3.8, 4) is 0 Å². The predicted molar refractivity (Wildman–Crippen MR) is 91.4 cm³/mol. The summed E-state index contributed by atoms with van der Waals surface area (Å²) >= 11 is 6.59. The first kappa shape index (κ1) is 15.9. The van der Waals surface area contributed by atoms with Crippen molar-refractivity contribution in [2.45, 2.75) is 11.9 Å². The Kier molecular flexibility index (Phi) is 6.09. The summed E-state index contributed by atoms with van der Waals surface area (Å²) in [6.45, 7) is 12.0. The smallest absolute Gasteiger partial charge is 0.0858 e. The standard InChI is InChI=1S/C18H23ClN2/c1-3-11-21(12-4-2)18-10-13-20(15-17(18)19)14-16-8-6-5-7-9-16/h3-10,17H,1-2,11-15H2. The second-order valence-corrected chi connectivity index (χ2v) is 5.79. The van der Waals surface area contributed by atoms with Gasteiger partial charge in [0.1, 0.15) is 0 Å². The van der Waals surface area contributed by atoms with Gasteiger partial charge in [-0.25, -0.2) is 0 Å². The van der Waals surface area contributed by atoms with Crippen molar-refractivity contribution in [2.24, 2.45) is 0 Å². The zero-order valence-electron chi connectivity index (χ0n) is 12.4. The van der Waals surface area contributed by atoms with Gasteiger partial charge in [0.15, 0.2) is 0 Å².